The Morgan fingerprint density at radius 1 is 1.29 bits per heavy atom. The number of rotatable bonds is 2. The zero-order chi connectivity index (χ0) is 12.5. The van der Waals surface area contributed by atoms with Crippen LogP contribution in [-0.2, 0) is 10.0 Å². The van der Waals surface area contributed by atoms with Gasteiger partial charge in [0.25, 0.3) is 0 Å². The molecule has 0 amide bonds. The van der Waals surface area contributed by atoms with Crippen molar-refractivity contribution in [1.82, 2.24) is 9.29 Å². The van der Waals surface area contributed by atoms with E-state index in [1.54, 1.807) is 6.20 Å². The van der Waals surface area contributed by atoms with Gasteiger partial charge in [0.15, 0.2) is 0 Å². The normalized spacial score (nSPS) is 18.3. The second-order valence-corrected chi connectivity index (χ2v) is 6.04. The Bertz CT molecular complexity index is 495. The van der Waals surface area contributed by atoms with E-state index in [9.17, 15) is 8.42 Å². The number of sulfonamides is 1. The topological polar surface area (TPSA) is 79.5 Å². The van der Waals surface area contributed by atoms with Gasteiger partial charge in [0.2, 0.25) is 10.0 Å². The monoisotopic (exact) mass is 256 g/mol. The minimum absolute atomic E-state index is 0.486. The third kappa shape index (κ3) is 2.67. The van der Waals surface area contributed by atoms with Gasteiger partial charge in [-0.05, 0) is 12.1 Å². The Labute approximate surface area is 101 Å². The maximum absolute atomic E-state index is 11.4. The summed E-state index contributed by atoms with van der Waals surface area (Å²) in [5.41, 5.74) is 6.66. The highest BCUT2D eigenvalue weighted by atomic mass is 32.2. The lowest BCUT2D eigenvalue weighted by atomic mass is 10.3. The quantitative estimate of drug-likeness (QED) is 0.789. The van der Waals surface area contributed by atoms with Crippen molar-refractivity contribution >= 4 is 21.5 Å². The van der Waals surface area contributed by atoms with Gasteiger partial charge in [-0.2, -0.15) is 4.31 Å². The molecule has 94 valence electrons. The van der Waals surface area contributed by atoms with Crippen molar-refractivity contribution in [2.45, 2.75) is 0 Å². The van der Waals surface area contributed by atoms with Crippen LogP contribution in [0.2, 0.25) is 0 Å². The molecule has 17 heavy (non-hydrogen) atoms. The molecule has 2 rings (SSSR count). The predicted octanol–water partition coefficient (Wildman–Crippen LogP) is -0.255. The fourth-order valence-corrected chi connectivity index (χ4v) is 2.76. The first-order valence-electron chi connectivity index (χ1n) is 5.39. The Morgan fingerprint density at radius 2 is 1.94 bits per heavy atom. The summed E-state index contributed by atoms with van der Waals surface area (Å²) in [7, 11) is -3.08. The molecular weight excluding hydrogens is 240 g/mol. The van der Waals surface area contributed by atoms with Crippen LogP contribution in [0.25, 0.3) is 0 Å². The number of anilines is 2. The predicted molar refractivity (Wildman–Crippen MR) is 67.3 cm³/mol. The van der Waals surface area contributed by atoms with E-state index in [1.165, 1.54) is 10.6 Å². The molecule has 0 atom stereocenters. The molecule has 1 aliphatic rings. The lowest BCUT2D eigenvalue weighted by Gasteiger charge is -2.34. The number of nitrogens with two attached hydrogens (primary N) is 1. The number of hydrogen-bond acceptors (Lipinski definition) is 5. The van der Waals surface area contributed by atoms with E-state index in [0.29, 0.717) is 32.0 Å². The molecule has 1 aliphatic heterocycles. The zero-order valence-corrected chi connectivity index (χ0v) is 10.5. The number of nitrogen functional groups attached to an aromatic ring is 1. The third-order valence-corrected chi connectivity index (χ3v) is 4.17. The van der Waals surface area contributed by atoms with Crippen LogP contribution < -0.4 is 10.6 Å². The number of aromatic nitrogens is 1. The van der Waals surface area contributed by atoms with Crippen LogP contribution in [0.15, 0.2) is 18.3 Å². The van der Waals surface area contributed by atoms with Crippen LogP contribution in [0.3, 0.4) is 0 Å². The Balaban J connectivity index is 2.08. The van der Waals surface area contributed by atoms with Gasteiger partial charge < -0.3 is 10.6 Å². The summed E-state index contributed by atoms with van der Waals surface area (Å²) in [6.07, 6.45) is 2.88. The standard InChI is InChI=1S/C10H16N4O2S/c1-17(15,16)14-7-5-13(6-8-14)9-3-2-4-12-10(9)11/h2-4H,5-8H2,1H3,(H2,11,12). The Hall–Kier alpha value is -1.34. The van der Waals surface area contributed by atoms with Gasteiger partial charge in [-0.25, -0.2) is 13.4 Å². The highest BCUT2D eigenvalue weighted by molar-refractivity contribution is 7.88. The molecule has 0 spiro atoms. The Morgan fingerprint density at radius 3 is 2.47 bits per heavy atom. The van der Waals surface area contributed by atoms with Crippen LogP contribution in [0.5, 0.6) is 0 Å². The Kier molecular flexibility index (Phi) is 3.21. The molecule has 1 aromatic rings. The van der Waals surface area contributed by atoms with Crippen LogP contribution in [0, 0.1) is 0 Å². The van der Waals surface area contributed by atoms with E-state index < -0.39 is 10.0 Å². The summed E-state index contributed by atoms with van der Waals surface area (Å²) < 4.78 is 24.2. The van der Waals surface area contributed by atoms with Crippen LogP contribution in [0.4, 0.5) is 11.5 Å². The van der Waals surface area contributed by atoms with Crippen molar-refractivity contribution in [2.75, 3.05) is 43.1 Å². The van der Waals surface area contributed by atoms with E-state index in [-0.39, 0.29) is 0 Å². The number of hydrogen-bond donors (Lipinski definition) is 1. The molecule has 0 bridgehead atoms. The summed E-state index contributed by atoms with van der Waals surface area (Å²) in [4.78, 5) is 6.09. The summed E-state index contributed by atoms with van der Waals surface area (Å²) in [6.45, 7) is 2.27. The first-order chi connectivity index (χ1) is 7.98. The lowest BCUT2D eigenvalue weighted by molar-refractivity contribution is 0.388. The molecule has 7 heteroatoms. The van der Waals surface area contributed by atoms with E-state index >= 15 is 0 Å². The van der Waals surface area contributed by atoms with E-state index in [0.717, 1.165) is 5.69 Å². The number of nitrogens with zero attached hydrogens (tertiary/aromatic N) is 3. The SMILES string of the molecule is CS(=O)(=O)N1CCN(c2cccnc2N)CC1. The summed E-state index contributed by atoms with van der Waals surface area (Å²) in [5.74, 6) is 0.486. The summed E-state index contributed by atoms with van der Waals surface area (Å²) >= 11 is 0. The first-order valence-corrected chi connectivity index (χ1v) is 7.24. The zero-order valence-electron chi connectivity index (χ0n) is 9.70. The summed E-state index contributed by atoms with van der Waals surface area (Å²) in [5, 5.41) is 0. The van der Waals surface area contributed by atoms with Crippen LogP contribution in [0.1, 0.15) is 0 Å². The summed E-state index contributed by atoms with van der Waals surface area (Å²) in [6, 6.07) is 3.73. The average Bonchev–Trinajstić information content (AvgIpc) is 2.29. The lowest BCUT2D eigenvalue weighted by Crippen LogP contribution is -2.48. The molecule has 0 unspecified atom stereocenters. The minimum atomic E-state index is -3.08. The fourth-order valence-electron chi connectivity index (χ4n) is 1.94. The molecule has 0 aromatic carbocycles. The number of piperazine rings is 1. The van der Waals surface area contributed by atoms with Gasteiger partial charge in [-0.15, -0.1) is 0 Å². The molecule has 2 heterocycles. The second-order valence-electron chi connectivity index (χ2n) is 4.06. The van der Waals surface area contributed by atoms with Crippen LogP contribution >= 0.6 is 0 Å². The molecule has 0 radical (unpaired) electrons. The average molecular weight is 256 g/mol. The van der Waals surface area contributed by atoms with Gasteiger partial charge in [0.1, 0.15) is 5.82 Å². The van der Waals surface area contributed by atoms with Gasteiger partial charge in [0.05, 0.1) is 11.9 Å². The van der Waals surface area contributed by atoms with E-state index in [4.69, 9.17) is 5.73 Å². The number of pyridine rings is 1. The van der Waals surface area contributed by atoms with Gasteiger partial charge in [-0.3, -0.25) is 0 Å². The molecule has 6 nitrogen and oxygen atoms in total. The maximum Gasteiger partial charge on any atom is 0.211 e. The molecule has 1 aromatic heterocycles. The molecule has 1 saturated heterocycles. The highest BCUT2D eigenvalue weighted by Crippen LogP contribution is 2.21. The minimum Gasteiger partial charge on any atom is -0.382 e. The van der Waals surface area contributed by atoms with E-state index in [1.807, 2.05) is 12.1 Å². The van der Waals surface area contributed by atoms with Crippen molar-refractivity contribution in [2.24, 2.45) is 0 Å². The van der Waals surface area contributed by atoms with Crippen molar-refractivity contribution in [3.05, 3.63) is 18.3 Å². The van der Waals surface area contributed by atoms with E-state index in [2.05, 4.69) is 9.88 Å². The second kappa shape index (κ2) is 4.50. The van der Waals surface area contributed by atoms with Gasteiger partial charge in [-0.1, -0.05) is 0 Å². The molecule has 1 fully saturated rings. The molecule has 2 N–H and O–H groups in total. The van der Waals surface area contributed by atoms with Gasteiger partial charge in [0, 0.05) is 32.4 Å². The van der Waals surface area contributed by atoms with Crippen LogP contribution in [-0.4, -0.2) is 50.1 Å². The molecule has 0 saturated carbocycles. The largest absolute Gasteiger partial charge is 0.382 e. The van der Waals surface area contributed by atoms with Crippen molar-refractivity contribution in [3.8, 4) is 0 Å². The van der Waals surface area contributed by atoms with Crippen molar-refractivity contribution < 1.29 is 8.42 Å². The third-order valence-electron chi connectivity index (χ3n) is 2.86. The van der Waals surface area contributed by atoms with Crippen molar-refractivity contribution in [3.63, 3.8) is 0 Å². The maximum atomic E-state index is 11.4. The smallest absolute Gasteiger partial charge is 0.211 e. The molecule has 0 aliphatic carbocycles. The fraction of sp³-hybridized carbons (Fsp3) is 0.500. The first kappa shape index (κ1) is 12.1. The van der Waals surface area contributed by atoms with Crippen molar-refractivity contribution in [1.29, 1.82) is 0 Å². The highest BCUT2D eigenvalue weighted by Gasteiger charge is 2.24. The van der Waals surface area contributed by atoms with Gasteiger partial charge >= 0.3 is 0 Å². The molecular formula is C10H16N4O2S.